The van der Waals surface area contributed by atoms with Gasteiger partial charge in [0.2, 0.25) is 5.91 Å². The molecule has 0 radical (unpaired) electrons. The summed E-state index contributed by atoms with van der Waals surface area (Å²) in [7, 11) is 0. The largest absolute Gasteiger partial charge is 0.326 e. The zero-order valence-electron chi connectivity index (χ0n) is 14.5. The van der Waals surface area contributed by atoms with Crippen molar-refractivity contribution in [2.24, 2.45) is 0 Å². The molecule has 2 N–H and O–H groups in total. The first kappa shape index (κ1) is 16.7. The van der Waals surface area contributed by atoms with Crippen molar-refractivity contribution in [3.8, 4) is 11.4 Å². The maximum absolute atomic E-state index is 12.3. The second-order valence-electron chi connectivity index (χ2n) is 6.22. The lowest BCUT2D eigenvalue weighted by Crippen LogP contribution is -2.14. The van der Waals surface area contributed by atoms with E-state index in [2.05, 4.69) is 15.3 Å². The first-order chi connectivity index (χ1) is 13.2. The van der Waals surface area contributed by atoms with E-state index in [1.807, 2.05) is 60.7 Å². The standard InChI is InChI=1S/C22H17N3O2/c26-20(13-15-7-2-1-3-8-15)23-17-10-6-9-16(14-17)21-24-19-12-5-4-11-18(19)22(27)25-21/h1-12,14H,13H2,(H,23,26)(H,24,25,27). The predicted molar refractivity (Wildman–Crippen MR) is 107 cm³/mol. The van der Waals surface area contributed by atoms with Crippen LogP contribution < -0.4 is 10.9 Å². The lowest BCUT2D eigenvalue weighted by molar-refractivity contribution is -0.115. The fraction of sp³-hybridized carbons (Fsp3) is 0.0455. The van der Waals surface area contributed by atoms with Crippen molar-refractivity contribution < 1.29 is 4.79 Å². The van der Waals surface area contributed by atoms with Gasteiger partial charge in [-0.15, -0.1) is 0 Å². The van der Waals surface area contributed by atoms with Gasteiger partial charge in [0, 0.05) is 11.3 Å². The number of benzene rings is 3. The van der Waals surface area contributed by atoms with Crippen LogP contribution in [0.15, 0.2) is 83.7 Å². The topological polar surface area (TPSA) is 74.8 Å². The van der Waals surface area contributed by atoms with E-state index in [4.69, 9.17) is 0 Å². The van der Waals surface area contributed by atoms with Crippen LogP contribution in [0.3, 0.4) is 0 Å². The molecule has 0 atom stereocenters. The van der Waals surface area contributed by atoms with Crippen LogP contribution in [-0.2, 0) is 11.2 Å². The van der Waals surface area contributed by atoms with Gasteiger partial charge in [0.05, 0.1) is 17.3 Å². The number of para-hydroxylation sites is 1. The Labute approximate surface area is 155 Å². The number of amides is 1. The molecule has 5 heteroatoms. The van der Waals surface area contributed by atoms with E-state index >= 15 is 0 Å². The van der Waals surface area contributed by atoms with Crippen molar-refractivity contribution in [2.75, 3.05) is 5.32 Å². The Morgan fingerprint density at radius 3 is 2.56 bits per heavy atom. The Hall–Kier alpha value is -3.73. The van der Waals surface area contributed by atoms with Crippen LogP contribution in [0, 0.1) is 0 Å². The van der Waals surface area contributed by atoms with Gasteiger partial charge in [0.25, 0.3) is 5.56 Å². The van der Waals surface area contributed by atoms with E-state index in [0.717, 1.165) is 11.1 Å². The number of carbonyl (C=O) groups is 1. The predicted octanol–water partition coefficient (Wildman–Crippen LogP) is 3.77. The second-order valence-corrected chi connectivity index (χ2v) is 6.22. The highest BCUT2D eigenvalue weighted by Gasteiger charge is 2.08. The van der Waals surface area contributed by atoms with E-state index in [0.29, 0.717) is 28.8 Å². The maximum Gasteiger partial charge on any atom is 0.259 e. The summed E-state index contributed by atoms with van der Waals surface area (Å²) in [5.74, 6) is 0.371. The number of anilines is 1. The molecule has 1 amide bonds. The van der Waals surface area contributed by atoms with Crippen molar-refractivity contribution in [2.45, 2.75) is 6.42 Å². The third-order valence-corrected chi connectivity index (χ3v) is 4.24. The van der Waals surface area contributed by atoms with Gasteiger partial charge in [-0.1, -0.05) is 54.6 Å². The van der Waals surface area contributed by atoms with Gasteiger partial charge in [-0.2, -0.15) is 0 Å². The highest BCUT2D eigenvalue weighted by Crippen LogP contribution is 2.20. The van der Waals surface area contributed by atoms with E-state index in [1.165, 1.54) is 0 Å². The summed E-state index contributed by atoms with van der Waals surface area (Å²) in [6.07, 6.45) is 0.302. The van der Waals surface area contributed by atoms with Gasteiger partial charge < -0.3 is 10.3 Å². The van der Waals surface area contributed by atoms with E-state index in [1.54, 1.807) is 18.2 Å². The summed E-state index contributed by atoms with van der Waals surface area (Å²) in [4.78, 5) is 31.9. The fourth-order valence-electron chi connectivity index (χ4n) is 2.95. The number of H-pyrrole nitrogens is 1. The molecule has 0 saturated carbocycles. The average Bonchev–Trinajstić information content (AvgIpc) is 2.69. The van der Waals surface area contributed by atoms with Gasteiger partial charge in [0.1, 0.15) is 5.82 Å². The molecule has 5 nitrogen and oxygen atoms in total. The Bertz CT molecular complexity index is 1170. The molecule has 27 heavy (non-hydrogen) atoms. The number of nitrogens with zero attached hydrogens (tertiary/aromatic N) is 1. The third kappa shape index (κ3) is 3.77. The van der Waals surface area contributed by atoms with Crippen molar-refractivity contribution >= 4 is 22.5 Å². The van der Waals surface area contributed by atoms with Crippen molar-refractivity contribution in [3.05, 3.63) is 94.8 Å². The molecule has 0 aliphatic rings. The molecule has 1 heterocycles. The molecule has 3 aromatic carbocycles. The third-order valence-electron chi connectivity index (χ3n) is 4.24. The normalized spacial score (nSPS) is 10.7. The van der Waals surface area contributed by atoms with Crippen LogP contribution in [0.2, 0.25) is 0 Å². The molecular weight excluding hydrogens is 338 g/mol. The summed E-state index contributed by atoms with van der Waals surface area (Å²) in [6, 6.07) is 24.0. The zero-order valence-corrected chi connectivity index (χ0v) is 14.5. The molecule has 132 valence electrons. The summed E-state index contributed by atoms with van der Waals surface area (Å²) >= 11 is 0. The number of hydrogen-bond donors (Lipinski definition) is 2. The summed E-state index contributed by atoms with van der Waals surface area (Å²) < 4.78 is 0. The molecule has 4 rings (SSSR count). The Balaban J connectivity index is 1.59. The zero-order chi connectivity index (χ0) is 18.6. The monoisotopic (exact) mass is 355 g/mol. The average molecular weight is 355 g/mol. The minimum atomic E-state index is -0.186. The summed E-state index contributed by atoms with van der Waals surface area (Å²) in [5, 5.41) is 3.44. The Morgan fingerprint density at radius 2 is 1.70 bits per heavy atom. The molecule has 0 fully saturated rings. The van der Waals surface area contributed by atoms with Gasteiger partial charge in [0.15, 0.2) is 0 Å². The smallest absolute Gasteiger partial charge is 0.259 e. The van der Waals surface area contributed by atoms with E-state index in [9.17, 15) is 9.59 Å². The van der Waals surface area contributed by atoms with E-state index < -0.39 is 0 Å². The van der Waals surface area contributed by atoms with Crippen molar-refractivity contribution in [3.63, 3.8) is 0 Å². The number of nitrogens with one attached hydrogen (secondary N) is 2. The highest BCUT2D eigenvalue weighted by molar-refractivity contribution is 5.93. The second kappa shape index (κ2) is 7.25. The molecule has 0 bridgehead atoms. The molecule has 0 aliphatic heterocycles. The SMILES string of the molecule is O=C(Cc1ccccc1)Nc1cccc(-c2nc3ccccc3c(=O)[nH]2)c1. The van der Waals surface area contributed by atoms with Gasteiger partial charge in [-0.25, -0.2) is 4.98 Å². The van der Waals surface area contributed by atoms with Crippen LogP contribution in [0.5, 0.6) is 0 Å². The molecule has 0 spiro atoms. The van der Waals surface area contributed by atoms with Crippen LogP contribution >= 0.6 is 0 Å². The van der Waals surface area contributed by atoms with Crippen LogP contribution in [-0.4, -0.2) is 15.9 Å². The van der Waals surface area contributed by atoms with Gasteiger partial charge in [-0.3, -0.25) is 9.59 Å². The van der Waals surface area contributed by atoms with Crippen LogP contribution in [0.1, 0.15) is 5.56 Å². The minimum Gasteiger partial charge on any atom is -0.326 e. The number of fused-ring (bicyclic) bond motifs is 1. The number of carbonyl (C=O) groups excluding carboxylic acids is 1. The van der Waals surface area contributed by atoms with Crippen LogP contribution in [0.25, 0.3) is 22.3 Å². The fourth-order valence-corrected chi connectivity index (χ4v) is 2.95. The highest BCUT2D eigenvalue weighted by atomic mass is 16.1. The molecule has 4 aromatic rings. The Kier molecular flexibility index (Phi) is 4.49. The molecule has 0 unspecified atom stereocenters. The van der Waals surface area contributed by atoms with Crippen molar-refractivity contribution in [1.82, 2.24) is 9.97 Å². The first-order valence-corrected chi connectivity index (χ1v) is 8.62. The van der Waals surface area contributed by atoms with Gasteiger partial charge >= 0.3 is 0 Å². The quantitative estimate of drug-likeness (QED) is 0.585. The number of hydrogen-bond acceptors (Lipinski definition) is 3. The Morgan fingerprint density at radius 1 is 0.926 bits per heavy atom. The number of rotatable bonds is 4. The number of aromatic amines is 1. The summed E-state index contributed by atoms with van der Waals surface area (Å²) in [6.45, 7) is 0. The molecule has 1 aromatic heterocycles. The molecule has 0 saturated heterocycles. The molecule has 0 aliphatic carbocycles. The summed E-state index contributed by atoms with van der Waals surface area (Å²) in [5.41, 5.74) is 2.79. The maximum atomic E-state index is 12.3. The lowest BCUT2D eigenvalue weighted by Gasteiger charge is -2.08. The van der Waals surface area contributed by atoms with Gasteiger partial charge in [-0.05, 0) is 29.8 Å². The lowest BCUT2D eigenvalue weighted by atomic mass is 10.1. The first-order valence-electron chi connectivity index (χ1n) is 8.62. The van der Waals surface area contributed by atoms with E-state index in [-0.39, 0.29) is 11.5 Å². The number of aromatic nitrogens is 2. The molecular formula is C22H17N3O2. The van der Waals surface area contributed by atoms with Crippen LogP contribution in [0.4, 0.5) is 5.69 Å². The van der Waals surface area contributed by atoms with Crippen molar-refractivity contribution in [1.29, 1.82) is 0 Å². The minimum absolute atomic E-state index is 0.0988.